The summed E-state index contributed by atoms with van der Waals surface area (Å²) < 4.78 is 34.1. The van der Waals surface area contributed by atoms with E-state index in [4.69, 9.17) is 17.5 Å². The van der Waals surface area contributed by atoms with Crippen molar-refractivity contribution in [2.24, 2.45) is 0 Å². The van der Waals surface area contributed by atoms with E-state index in [0.717, 1.165) is 0 Å². The van der Waals surface area contributed by atoms with Gasteiger partial charge < -0.3 is 21.5 Å². The van der Waals surface area contributed by atoms with Crippen LogP contribution in [0.1, 0.15) is 0 Å². The first-order valence-electron chi connectivity index (χ1n) is 0.667. The van der Waals surface area contributed by atoms with Crippen LogP contribution in [0.2, 0.25) is 0 Å². The Morgan fingerprint density at radius 3 is 1.14 bits per heavy atom. The topological polar surface area (TPSA) is 80.3 Å². The Bertz CT molecular complexity index is 94.9. The summed E-state index contributed by atoms with van der Waals surface area (Å²) in [5, 5.41) is 0. The molecule has 0 aromatic carbocycles. The van der Waals surface area contributed by atoms with Gasteiger partial charge in [0.05, 0.1) is 0 Å². The third-order valence-electron chi connectivity index (χ3n) is 0. The second kappa shape index (κ2) is 5.67. The summed E-state index contributed by atoms with van der Waals surface area (Å²) in [5.74, 6) is 0. The molecule has 4 nitrogen and oxygen atoms in total. The summed E-state index contributed by atoms with van der Waals surface area (Å²) in [5.41, 5.74) is 0. The standard InChI is InChI=1S/Ce.ClH.H2O4S/c;;1-5(2,3)4/h;1H;(H2,1,2,3,4)/q+3;;/p-3. The Morgan fingerprint density at radius 2 is 1.14 bits per heavy atom. The van der Waals surface area contributed by atoms with Crippen LogP contribution in [0.25, 0.3) is 0 Å². The van der Waals surface area contributed by atoms with Gasteiger partial charge in [0.1, 0.15) is 0 Å². The molecule has 1 radical (unpaired) electrons. The van der Waals surface area contributed by atoms with E-state index in [1.165, 1.54) is 0 Å². The minimum absolute atomic E-state index is 0. The maximum Gasteiger partial charge on any atom is 3.00 e. The van der Waals surface area contributed by atoms with E-state index in [1.54, 1.807) is 0 Å². The van der Waals surface area contributed by atoms with Crippen molar-refractivity contribution in [1.29, 1.82) is 0 Å². The molecule has 0 rings (SSSR count). The van der Waals surface area contributed by atoms with Crippen LogP contribution >= 0.6 is 0 Å². The first-order valence-corrected chi connectivity index (χ1v) is 2.00. The molecule has 0 aliphatic carbocycles. The van der Waals surface area contributed by atoms with E-state index < -0.39 is 10.4 Å². The van der Waals surface area contributed by atoms with Gasteiger partial charge in [-0.25, -0.2) is 0 Å². The van der Waals surface area contributed by atoms with E-state index >= 15 is 0 Å². The van der Waals surface area contributed by atoms with E-state index in [9.17, 15) is 0 Å². The maximum atomic E-state index is 8.52. The Morgan fingerprint density at radius 1 is 1.14 bits per heavy atom. The molecule has 0 saturated heterocycles. The van der Waals surface area contributed by atoms with E-state index in [0.29, 0.717) is 0 Å². The van der Waals surface area contributed by atoms with Crippen LogP contribution in [0.4, 0.5) is 0 Å². The zero-order valence-electron chi connectivity index (χ0n) is 2.92. The average molecular weight is 272 g/mol. The molecule has 0 N–H and O–H groups in total. The number of rotatable bonds is 0. The van der Waals surface area contributed by atoms with Crippen LogP contribution < -0.4 is 12.4 Å². The minimum atomic E-state index is -5.17. The molecule has 0 bridgehead atoms. The van der Waals surface area contributed by atoms with Gasteiger partial charge in [-0.1, -0.05) is 0 Å². The van der Waals surface area contributed by atoms with E-state index in [2.05, 4.69) is 0 Å². The number of hydrogen-bond donors (Lipinski definition) is 0. The molecule has 0 saturated carbocycles. The number of hydrogen-bond acceptors (Lipinski definition) is 4. The summed E-state index contributed by atoms with van der Waals surface area (Å²) in [6, 6.07) is 0. The van der Waals surface area contributed by atoms with Crippen LogP contribution in [0.3, 0.4) is 0 Å². The molecule has 41 valence electrons. The van der Waals surface area contributed by atoms with Crippen molar-refractivity contribution >= 4 is 10.4 Å². The predicted octanol–water partition coefficient (Wildman–Crippen LogP) is -4.33. The molecule has 0 spiro atoms. The maximum absolute atomic E-state index is 8.52. The fourth-order valence-corrected chi connectivity index (χ4v) is 0. The third kappa shape index (κ3) is 97.8. The zero-order valence-corrected chi connectivity index (χ0v) is 7.63. The summed E-state index contributed by atoms with van der Waals surface area (Å²) in [6.45, 7) is 0. The summed E-state index contributed by atoms with van der Waals surface area (Å²) in [7, 11) is -5.17. The van der Waals surface area contributed by atoms with Gasteiger partial charge >= 0.3 is 41.7 Å². The first kappa shape index (κ1) is 15.8. The van der Waals surface area contributed by atoms with Crippen molar-refractivity contribution in [3.05, 3.63) is 0 Å². The van der Waals surface area contributed by atoms with Crippen LogP contribution in [0.15, 0.2) is 0 Å². The number of halogens is 1. The molecule has 0 fully saturated rings. The van der Waals surface area contributed by atoms with E-state index in [-0.39, 0.29) is 54.2 Å². The van der Waals surface area contributed by atoms with Crippen molar-refractivity contribution in [1.82, 2.24) is 0 Å². The summed E-state index contributed by atoms with van der Waals surface area (Å²) in [6.07, 6.45) is 0. The van der Waals surface area contributed by atoms with Gasteiger partial charge in [0.25, 0.3) is 0 Å². The normalized spacial score (nSPS) is 8.29. The molecular formula is CeClO4S. The largest absolute Gasteiger partial charge is 3.00 e. The van der Waals surface area contributed by atoms with Crippen molar-refractivity contribution in [2.75, 3.05) is 0 Å². The Balaban J connectivity index is -0.0000000800. The van der Waals surface area contributed by atoms with Gasteiger partial charge in [-0.3, -0.25) is 8.42 Å². The molecule has 0 amide bonds. The fourth-order valence-electron chi connectivity index (χ4n) is 0. The minimum Gasteiger partial charge on any atom is -1.00 e. The zero-order chi connectivity index (χ0) is 4.50. The Hall–Kier alpha value is 1.54. The first-order chi connectivity index (χ1) is 2.00. The van der Waals surface area contributed by atoms with Crippen molar-refractivity contribution < 1.29 is 71.7 Å². The SMILES string of the molecule is O=S(=O)([O-])[O-].[Ce+3].[Cl-]. The smallest absolute Gasteiger partial charge is 1.00 e. The van der Waals surface area contributed by atoms with Crippen molar-refractivity contribution in [3.63, 3.8) is 0 Å². The summed E-state index contributed by atoms with van der Waals surface area (Å²) >= 11 is 0. The van der Waals surface area contributed by atoms with E-state index in [1.807, 2.05) is 0 Å². The molecule has 0 heterocycles. The molecule has 0 unspecified atom stereocenters. The second-order valence-corrected chi connectivity index (χ2v) is 1.22. The van der Waals surface area contributed by atoms with Gasteiger partial charge in [-0.05, 0) is 0 Å². The Kier molecular flexibility index (Phi) is 12.8. The van der Waals surface area contributed by atoms with Crippen molar-refractivity contribution in [3.8, 4) is 0 Å². The molecule has 0 aliphatic heterocycles. The molecule has 0 aromatic rings. The van der Waals surface area contributed by atoms with Crippen LogP contribution in [-0.2, 0) is 10.4 Å². The molecule has 7 heteroatoms. The molecule has 0 atom stereocenters. The summed E-state index contributed by atoms with van der Waals surface area (Å²) in [4.78, 5) is 0. The van der Waals surface area contributed by atoms with Crippen LogP contribution in [0.5, 0.6) is 0 Å². The average Bonchev–Trinajstić information content (AvgIpc) is 0.722. The quantitative estimate of drug-likeness (QED) is 0.330. The van der Waals surface area contributed by atoms with Crippen LogP contribution in [0, 0.1) is 41.7 Å². The van der Waals surface area contributed by atoms with Crippen LogP contribution in [-0.4, -0.2) is 17.5 Å². The third-order valence-corrected chi connectivity index (χ3v) is 0. The van der Waals surface area contributed by atoms with Gasteiger partial charge in [0, 0.05) is 10.4 Å². The second-order valence-electron chi connectivity index (χ2n) is 0.408. The van der Waals surface area contributed by atoms with Gasteiger partial charge in [0.15, 0.2) is 0 Å². The molecular weight excluding hydrogens is 272 g/mol. The van der Waals surface area contributed by atoms with Crippen molar-refractivity contribution in [2.45, 2.75) is 0 Å². The van der Waals surface area contributed by atoms with Gasteiger partial charge in [-0.15, -0.1) is 0 Å². The Labute approximate surface area is 81.0 Å². The van der Waals surface area contributed by atoms with Gasteiger partial charge in [0.2, 0.25) is 0 Å². The molecule has 7 heavy (non-hydrogen) atoms. The predicted molar refractivity (Wildman–Crippen MR) is 10.5 cm³/mol. The monoisotopic (exact) mass is 271 g/mol. The molecule has 0 aliphatic rings. The van der Waals surface area contributed by atoms with Gasteiger partial charge in [-0.2, -0.15) is 0 Å². The molecule has 0 aromatic heterocycles. The fraction of sp³-hybridized carbons (Fsp3) is 0.